The lowest BCUT2D eigenvalue weighted by molar-refractivity contribution is -0.122. The van der Waals surface area contributed by atoms with Crippen molar-refractivity contribution < 1.29 is 9.53 Å². The van der Waals surface area contributed by atoms with Crippen LogP contribution in [-0.4, -0.2) is 24.6 Å². The third-order valence-corrected chi connectivity index (χ3v) is 2.89. The maximum atomic E-state index is 11.6. The first-order chi connectivity index (χ1) is 9.83. The van der Waals surface area contributed by atoms with E-state index in [1.54, 1.807) is 6.08 Å². The number of para-hydroxylation sites is 1. The molecule has 0 unspecified atom stereocenters. The quantitative estimate of drug-likeness (QED) is 0.759. The van der Waals surface area contributed by atoms with Gasteiger partial charge in [-0.05, 0) is 33.3 Å². The molecule has 0 spiro atoms. The topological polar surface area (TPSA) is 50.4 Å². The second kappa shape index (κ2) is 7.84. The highest BCUT2D eigenvalue weighted by Crippen LogP contribution is 2.23. The average molecular weight is 290 g/mol. The van der Waals surface area contributed by atoms with Crippen molar-refractivity contribution in [1.82, 2.24) is 10.6 Å². The number of ether oxygens (including phenoxy) is 1. The Balaban J connectivity index is 2.71. The van der Waals surface area contributed by atoms with Crippen molar-refractivity contribution in [2.75, 3.05) is 13.2 Å². The molecule has 0 aliphatic carbocycles. The number of nitrogens with one attached hydrogen (secondary N) is 2. The lowest BCUT2D eigenvalue weighted by Crippen LogP contribution is -2.35. The van der Waals surface area contributed by atoms with E-state index in [0.717, 1.165) is 16.9 Å². The summed E-state index contributed by atoms with van der Waals surface area (Å²) < 4.78 is 5.71. The summed E-state index contributed by atoms with van der Waals surface area (Å²) >= 11 is 0. The van der Waals surface area contributed by atoms with Crippen LogP contribution in [0.25, 0.3) is 0 Å². The molecule has 1 amide bonds. The van der Waals surface area contributed by atoms with Gasteiger partial charge in [-0.25, -0.2) is 0 Å². The predicted octanol–water partition coefficient (Wildman–Crippen LogP) is 2.56. The van der Waals surface area contributed by atoms with Crippen molar-refractivity contribution >= 4 is 5.91 Å². The summed E-state index contributed by atoms with van der Waals surface area (Å²) in [7, 11) is 0. The molecule has 0 aliphatic rings. The Kier molecular flexibility index (Phi) is 6.43. The van der Waals surface area contributed by atoms with Crippen LogP contribution in [-0.2, 0) is 11.3 Å². The standard InChI is InChI=1S/C17H26N2O2/c1-6-10-18-15(20)12-21-16-13(2)8-7-9-14(16)11-19-17(3,4)5/h6-9,19H,1,10-12H2,2-5H3,(H,18,20). The second-order valence-corrected chi connectivity index (χ2v) is 6.05. The van der Waals surface area contributed by atoms with Gasteiger partial charge in [-0.15, -0.1) is 6.58 Å². The molecule has 4 heteroatoms. The summed E-state index contributed by atoms with van der Waals surface area (Å²) in [6.45, 7) is 13.1. The highest BCUT2D eigenvalue weighted by molar-refractivity contribution is 5.77. The van der Waals surface area contributed by atoms with Crippen LogP contribution in [0.2, 0.25) is 0 Å². The molecule has 0 atom stereocenters. The number of aryl methyl sites for hydroxylation is 1. The van der Waals surface area contributed by atoms with E-state index in [1.807, 2.05) is 25.1 Å². The van der Waals surface area contributed by atoms with Gasteiger partial charge < -0.3 is 15.4 Å². The molecule has 1 rings (SSSR count). The summed E-state index contributed by atoms with van der Waals surface area (Å²) in [6, 6.07) is 6.00. The van der Waals surface area contributed by atoms with Gasteiger partial charge in [0.2, 0.25) is 0 Å². The van der Waals surface area contributed by atoms with Crippen LogP contribution in [0, 0.1) is 6.92 Å². The minimum absolute atomic E-state index is 0.0151. The zero-order valence-corrected chi connectivity index (χ0v) is 13.5. The Morgan fingerprint density at radius 2 is 2.10 bits per heavy atom. The van der Waals surface area contributed by atoms with Gasteiger partial charge in [-0.3, -0.25) is 4.79 Å². The zero-order chi connectivity index (χ0) is 15.9. The number of rotatable bonds is 7. The third-order valence-electron chi connectivity index (χ3n) is 2.89. The molecule has 0 aromatic heterocycles. The maximum Gasteiger partial charge on any atom is 0.258 e. The van der Waals surface area contributed by atoms with E-state index in [2.05, 4.69) is 38.0 Å². The number of carbonyl (C=O) groups is 1. The fourth-order valence-electron chi connectivity index (χ4n) is 1.79. The first kappa shape index (κ1) is 17.2. The van der Waals surface area contributed by atoms with Gasteiger partial charge in [0.05, 0.1) is 0 Å². The van der Waals surface area contributed by atoms with Crippen LogP contribution in [0.5, 0.6) is 5.75 Å². The summed E-state index contributed by atoms with van der Waals surface area (Å²) in [6.07, 6.45) is 1.64. The Hall–Kier alpha value is -1.81. The van der Waals surface area contributed by atoms with E-state index in [4.69, 9.17) is 4.74 Å². The highest BCUT2D eigenvalue weighted by atomic mass is 16.5. The van der Waals surface area contributed by atoms with Gasteiger partial charge in [0.15, 0.2) is 6.61 Å². The summed E-state index contributed by atoms with van der Waals surface area (Å²) in [5.41, 5.74) is 2.11. The van der Waals surface area contributed by atoms with E-state index in [9.17, 15) is 4.79 Å². The third kappa shape index (κ3) is 6.45. The number of hydrogen-bond donors (Lipinski definition) is 2. The molecule has 0 heterocycles. The normalized spacial score (nSPS) is 11.0. The van der Waals surface area contributed by atoms with Crippen LogP contribution in [0.3, 0.4) is 0 Å². The van der Waals surface area contributed by atoms with Gasteiger partial charge in [0.1, 0.15) is 5.75 Å². The van der Waals surface area contributed by atoms with Crippen molar-refractivity contribution in [1.29, 1.82) is 0 Å². The SMILES string of the molecule is C=CCNC(=O)COc1c(C)cccc1CNC(C)(C)C. The van der Waals surface area contributed by atoms with Crippen molar-refractivity contribution in [3.05, 3.63) is 42.0 Å². The molecule has 0 saturated heterocycles. The number of benzene rings is 1. The van der Waals surface area contributed by atoms with Crippen molar-refractivity contribution in [2.24, 2.45) is 0 Å². The van der Waals surface area contributed by atoms with Crippen LogP contribution in [0.1, 0.15) is 31.9 Å². The van der Waals surface area contributed by atoms with Crippen molar-refractivity contribution in [2.45, 2.75) is 39.8 Å². The van der Waals surface area contributed by atoms with Crippen LogP contribution >= 0.6 is 0 Å². The van der Waals surface area contributed by atoms with Crippen LogP contribution in [0.15, 0.2) is 30.9 Å². The average Bonchev–Trinajstić information content (AvgIpc) is 2.41. The smallest absolute Gasteiger partial charge is 0.258 e. The zero-order valence-electron chi connectivity index (χ0n) is 13.5. The summed E-state index contributed by atoms with van der Waals surface area (Å²) in [4.78, 5) is 11.6. The fraction of sp³-hybridized carbons (Fsp3) is 0.471. The molecule has 116 valence electrons. The van der Waals surface area contributed by atoms with E-state index in [1.165, 1.54) is 0 Å². The second-order valence-electron chi connectivity index (χ2n) is 6.05. The van der Waals surface area contributed by atoms with E-state index < -0.39 is 0 Å². The molecule has 0 fully saturated rings. The van der Waals surface area contributed by atoms with Crippen LogP contribution in [0.4, 0.5) is 0 Å². The van der Waals surface area contributed by atoms with Gasteiger partial charge >= 0.3 is 0 Å². The number of hydrogen-bond acceptors (Lipinski definition) is 3. The lowest BCUT2D eigenvalue weighted by atomic mass is 10.1. The first-order valence-corrected chi connectivity index (χ1v) is 7.17. The minimum Gasteiger partial charge on any atom is -0.483 e. The maximum absolute atomic E-state index is 11.6. The molecule has 1 aromatic carbocycles. The first-order valence-electron chi connectivity index (χ1n) is 7.17. The van der Waals surface area contributed by atoms with Gasteiger partial charge in [0.25, 0.3) is 5.91 Å². The molecular weight excluding hydrogens is 264 g/mol. The van der Waals surface area contributed by atoms with E-state index in [0.29, 0.717) is 13.1 Å². The Morgan fingerprint density at radius 1 is 1.38 bits per heavy atom. The van der Waals surface area contributed by atoms with E-state index in [-0.39, 0.29) is 18.1 Å². The predicted molar refractivity (Wildman–Crippen MR) is 86.5 cm³/mol. The highest BCUT2D eigenvalue weighted by Gasteiger charge is 2.13. The van der Waals surface area contributed by atoms with Gasteiger partial charge in [-0.1, -0.05) is 24.3 Å². The monoisotopic (exact) mass is 290 g/mol. The molecule has 0 bridgehead atoms. The molecule has 4 nitrogen and oxygen atoms in total. The Labute approximate surface area is 127 Å². The molecule has 2 N–H and O–H groups in total. The Morgan fingerprint density at radius 3 is 2.71 bits per heavy atom. The molecule has 0 saturated carbocycles. The lowest BCUT2D eigenvalue weighted by Gasteiger charge is -2.22. The van der Waals surface area contributed by atoms with E-state index >= 15 is 0 Å². The Bertz CT molecular complexity index is 490. The molecule has 0 radical (unpaired) electrons. The molecule has 1 aromatic rings. The largest absolute Gasteiger partial charge is 0.483 e. The summed E-state index contributed by atoms with van der Waals surface area (Å²) in [5, 5.41) is 6.13. The fourth-order valence-corrected chi connectivity index (χ4v) is 1.79. The van der Waals surface area contributed by atoms with Gasteiger partial charge in [-0.2, -0.15) is 0 Å². The number of amides is 1. The molecule has 0 aliphatic heterocycles. The molecular formula is C17H26N2O2. The van der Waals surface area contributed by atoms with Gasteiger partial charge in [0, 0.05) is 24.2 Å². The minimum atomic E-state index is -0.145. The summed E-state index contributed by atoms with van der Waals surface area (Å²) in [5.74, 6) is 0.635. The van der Waals surface area contributed by atoms with Crippen molar-refractivity contribution in [3.8, 4) is 5.75 Å². The van der Waals surface area contributed by atoms with Crippen molar-refractivity contribution in [3.63, 3.8) is 0 Å². The van der Waals surface area contributed by atoms with Crippen LogP contribution < -0.4 is 15.4 Å². The number of carbonyl (C=O) groups excluding carboxylic acids is 1. The molecule has 21 heavy (non-hydrogen) atoms.